The summed E-state index contributed by atoms with van der Waals surface area (Å²) in [6, 6.07) is 3.09. The number of nitrogen functional groups attached to an aromatic ring is 1. The Kier molecular flexibility index (Phi) is 5.14. The molecule has 5 heterocycles. The zero-order valence-electron chi connectivity index (χ0n) is 19.2. The number of carbonyl (C=O) groups is 1. The number of nitrogens with one attached hydrogen (secondary N) is 1. The standard InChI is InChI=1S/C21H26F2N10O/c1-12-9-31(6-7-33(12)18-14-8-25-30(3)17(14)28-19(24)29-18)20(34)27-15-4-5-16(26-13(15)2)32-10-21(22,23)11-32/h4-5,8,12H,6-7,9-11H2,1-3H3,(H,27,34)(H2,24,28,29)/t12-/m0/s1. The number of alkyl halides is 2. The van der Waals surface area contributed by atoms with Crippen LogP contribution in [0.4, 0.5) is 36.8 Å². The van der Waals surface area contributed by atoms with Gasteiger partial charge in [-0.3, -0.25) is 4.68 Å². The average Bonchev–Trinajstić information content (AvgIpc) is 3.13. The fraction of sp³-hybridized carbons (Fsp3) is 0.476. The van der Waals surface area contributed by atoms with Crippen LogP contribution in [0.25, 0.3) is 11.0 Å². The second kappa shape index (κ2) is 7.92. The van der Waals surface area contributed by atoms with Gasteiger partial charge < -0.3 is 25.8 Å². The summed E-state index contributed by atoms with van der Waals surface area (Å²) >= 11 is 0. The molecule has 13 heteroatoms. The van der Waals surface area contributed by atoms with Gasteiger partial charge in [0, 0.05) is 32.7 Å². The molecule has 2 aliphatic rings. The molecule has 0 aromatic carbocycles. The van der Waals surface area contributed by atoms with Crippen molar-refractivity contribution in [3.05, 3.63) is 24.0 Å². The van der Waals surface area contributed by atoms with Crippen LogP contribution in [0, 0.1) is 6.92 Å². The summed E-state index contributed by atoms with van der Waals surface area (Å²) in [5.74, 6) is -1.31. The van der Waals surface area contributed by atoms with Gasteiger partial charge in [0.15, 0.2) is 5.65 Å². The SMILES string of the molecule is Cc1nc(N2CC(F)(F)C2)ccc1NC(=O)N1CCN(c2nc(N)nc3c2cnn3C)[C@@H](C)C1. The molecule has 2 amide bonds. The number of halogens is 2. The third-order valence-corrected chi connectivity index (χ3v) is 6.26. The Labute approximate surface area is 194 Å². The van der Waals surface area contributed by atoms with Gasteiger partial charge in [0.25, 0.3) is 5.92 Å². The summed E-state index contributed by atoms with van der Waals surface area (Å²) in [6.45, 7) is 4.61. The number of piperazine rings is 1. The Hall–Kier alpha value is -3.77. The van der Waals surface area contributed by atoms with Crippen molar-refractivity contribution < 1.29 is 13.6 Å². The molecule has 0 bridgehead atoms. The van der Waals surface area contributed by atoms with Crippen LogP contribution in [0.15, 0.2) is 18.3 Å². The number of hydrogen-bond acceptors (Lipinski definition) is 8. The molecule has 0 spiro atoms. The van der Waals surface area contributed by atoms with Gasteiger partial charge in [0.1, 0.15) is 11.6 Å². The first-order valence-electron chi connectivity index (χ1n) is 11.0. The van der Waals surface area contributed by atoms with Crippen LogP contribution in [0.5, 0.6) is 0 Å². The third kappa shape index (κ3) is 3.90. The zero-order valence-corrected chi connectivity index (χ0v) is 19.2. The Bertz CT molecular complexity index is 1250. The van der Waals surface area contributed by atoms with Gasteiger partial charge in [-0.15, -0.1) is 0 Å². The van der Waals surface area contributed by atoms with Crippen molar-refractivity contribution in [2.45, 2.75) is 25.8 Å². The van der Waals surface area contributed by atoms with E-state index in [1.54, 1.807) is 41.9 Å². The van der Waals surface area contributed by atoms with Crippen molar-refractivity contribution >= 4 is 40.3 Å². The van der Waals surface area contributed by atoms with E-state index >= 15 is 0 Å². The van der Waals surface area contributed by atoms with Crippen LogP contribution in [0.2, 0.25) is 0 Å². The molecule has 0 radical (unpaired) electrons. The Balaban J connectivity index is 1.25. The van der Waals surface area contributed by atoms with Crippen molar-refractivity contribution in [1.29, 1.82) is 0 Å². The quantitative estimate of drug-likeness (QED) is 0.592. The molecule has 2 saturated heterocycles. The molecule has 0 unspecified atom stereocenters. The summed E-state index contributed by atoms with van der Waals surface area (Å²) in [6.07, 6.45) is 1.72. The summed E-state index contributed by atoms with van der Waals surface area (Å²) in [5, 5.41) is 7.96. The molecule has 2 fully saturated rings. The summed E-state index contributed by atoms with van der Waals surface area (Å²) in [7, 11) is 1.80. The van der Waals surface area contributed by atoms with Crippen LogP contribution in [0.3, 0.4) is 0 Å². The highest BCUT2D eigenvalue weighted by molar-refractivity contribution is 5.91. The number of aromatic nitrogens is 5. The average molecular weight is 473 g/mol. The van der Waals surface area contributed by atoms with E-state index in [4.69, 9.17) is 5.73 Å². The van der Waals surface area contributed by atoms with E-state index in [1.807, 2.05) is 6.92 Å². The maximum atomic E-state index is 13.1. The molecule has 11 nitrogen and oxygen atoms in total. The van der Waals surface area contributed by atoms with Gasteiger partial charge in [-0.2, -0.15) is 15.1 Å². The fourth-order valence-electron chi connectivity index (χ4n) is 4.42. The minimum Gasteiger partial charge on any atom is -0.368 e. The number of nitrogens with zero attached hydrogens (tertiary/aromatic N) is 8. The summed E-state index contributed by atoms with van der Waals surface area (Å²) in [5.41, 5.74) is 7.71. The van der Waals surface area contributed by atoms with Gasteiger partial charge in [0.05, 0.1) is 36.1 Å². The predicted molar refractivity (Wildman–Crippen MR) is 124 cm³/mol. The molecule has 3 aromatic heterocycles. The summed E-state index contributed by atoms with van der Waals surface area (Å²) < 4.78 is 27.9. The Morgan fingerprint density at radius 1 is 1.21 bits per heavy atom. The molecule has 2 aliphatic heterocycles. The van der Waals surface area contributed by atoms with E-state index in [-0.39, 0.29) is 31.1 Å². The van der Waals surface area contributed by atoms with E-state index in [0.29, 0.717) is 48.3 Å². The maximum Gasteiger partial charge on any atom is 0.322 e. The number of anilines is 4. The van der Waals surface area contributed by atoms with Gasteiger partial charge in [-0.1, -0.05) is 0 Å². The number of nitrogens with two attached hydrogens (primary N) is 1. The van der Waals surface area contributed by atoms with E-state index < -0.39 is 5.92 Å². The van der Waals surface area contributed by atoms with Crippen LogP contribution in [-0.4, -0.2) is 80.4 Å². The number of carbonyl (C=O) groups excluding carboxylic acids is 1. The molecule has 3 N–H and O–H groups in total. The summed E-state index contributed by atoms with van der Waals surface area (Å²) in [4.78, 5) is 31.4. The number of hydrogen-bond donors (Lipinski definition) is 2. The number of amides is 2. The monoisotopic (exact) mass is 472 g/mol. The number of pyridine rings is 1. The fourth-order valence-corrected chi connectivity index (χ4v) is 4.42. The molecule has 0 aliphatic carbocycles. The Morgan fingerprint density at radius 2 is 1.97 bits per heavy atom. The lowest BCUT2D eigenvalue weighted by molar-refractivity contribution is -0.0267. The highest BCUT2D eigenvalue weighted by Crippen LogP contribution is 2.32. The van der Waals surface area contributed by atoms with Gasteiger partial charge in [-0.05, 0) is 26.0 Å². The smallest absolute Gasteiger partial charge is 0.322 e. The lowest BCUT2D eigenvalue weighted by atomic mass is 10.1. The second-order valence-electron chi connectivity index (χ2n) is 8.84. The molecular weight excluding hydrogens is 446 g/mol. The van der Waals surface area contributed by atoms with Crippen LogP contribution in [0.1, 0.15) is 12.6 Å². The molecule has 180 valence electrons. The molecular formula is C21H26F2N10O. The highest BCUT2D eigenvalue weighted by atomic mass is 19.3. The number of aryl methyl sites for hydroxylation is 2. The van der Waals surface area contributed by atoms with Gasteiger partial charge >= 0.3 is 6.03 Å². The van der Waals surface area contributed by atoms with E-state index in [1.165, 1.54) is 4.90 Å². The molecule has 1 atom stereocenters. The van der Waals surface area contributed by atoms with Crippen molar-refractivity contribution in [3.8, 4) is 0 Å². The lowest BCUT2D eigenvalue weighted by Crippen LogP contribution is -2.56. The lowest BCUT2D eigenvalue weighted by Gasteiger charge is -2.40. The molecule has 5 rings (SSSR count). The first-order valence-corrected chi connectivity index (χ1v) is 11.0. The topological polar surface area (TPSA) is 121 Å². The minimum absolute atomic E-state index is 0.0214. The highest BCUT2D eigenvalue weighted by Gasteiger charge is 2.44. The first kappa shape index (κ1) is 22.0. The number of urea groups is 1. The van der Waals surface area contributed by atoms with Gasteiger partial charge in [0.2, 0.25) is 5.95 Å². The van der Waals surface area contributed by atoms with Gasteiger partial charge in [-0.25, -0.2) is 18.6 Å². The number of fused-ring (bicyclic) bond motifs is 1. The van der Waals surface area contributed by atoms with Crippen molar-refractivity contribution in [2.75, 3.05) is 53.6 Å². The molecule has 0 saturated carbocycles. The zero-order chi connectivity index (χ0) is 24.2. The second-order valence-corrected chi connectivity index (χ2v) is 8.84. The van der Waals surface area contributed by atoms with Crippen LogP contribution >= 0.6 is 0 Å². The molecule has 3 aromatic rings. The molecule has 34 heavy (non-hydrogen) atoms. The van der Waals surface area contributed by atoms with Crippen molar-refractivity contribution in [1.82, 2.24) is 29.6 Å². The van der Waals surface area contributed by atoms with Crippen LogP contribution in [-0.2, 0) is 7.05 Å². The first-order chi connectivity index (χ1) is 16.1. The predicted octanol–water partition coefficient (Wildman–Crippen LogP) is 1.85. The van der Waals surface area contributed by atoms with Crippen molar-refractivity contribution in [3.63, 3.8) is 0 Å². The van der Waals surface area contributed by atoms with Crippen LogP contribution < -0.4 is 20.9 Å². The largest absolute Gasteiger partial charge is 0.368 e. The number of rotatable bonds is 3. The van der Waals surface area contributed by atoms with E-state index in [2.05, 4.69) is 30.3 Å². The van der Waals surface area contributed by atoms with E-state index in [0.717, 1.165) is 5.39 Å². The van der Waals surface area contributed by atoms with Crippen molar-refractivity contribution in [2.24, 2.45) is 7.05 Å². The third-order valence-electron chi connectivity index (χ3n) is 6.26. The maximum absolute atomic E-state index is 13.1. The minimum atomic E-state index is -2.67. The normalized spacial score (nSPS) is 19.9. The Morgan fingerprint density at radius 3 is 2.65 bits per heavy atom. The van der Waals surface area contributed by atoms with E-state index in [9.17, 15) is 13.6 Å².